The fourth-order valence-corrected chi connectivity index (χ4v) is 2.00. The number of nitrogens with zero attached hydrogens (tertiary/aromatic N) is 3. The smallest absolute Gasteiger partial charge is 0.258 e. The van der Waals surface area contributed by atoms with Crippen molar-refractivity contribution < 1.29 is 9.53 Å². The third-order valence-electron chi connectivity index (χ3n) is 3.20. The van der Waals surface area contributed by atoms with Crippen LogP contribution in [0.4, 0.5) is 5.95 Å². The largest absolute Gasteiger partial charge is 0.480 e. The molecule has 0 saturated heterocycles. The summed E-state index contributed by atoms with van der Waals surface area (Å²) in [5, 5.41) is 2.86. The van der Waals surface area contributed by atoms with Crippen LogP contribution in [-0.2, 0) is 0 Å². The highest BCUT2D eigenvalue weighted by Crippen LogP contribution is 2.14. The highest BCUT2D eigenvalue weighted by atomic mass is 16.5. The van der Waals surface area contributed by atoms with Crippen molar-refractivity contribution >= 4 is 11.9 Å². The molecule has 1 rings (SSSR count). The number of nitrogens with one attached hydrogen (secondary N) is 1. The molecule has 20 heavy (non-hydrogen) atoms. The summed E-state index contributed by atoms with van der Waals surface area (Å²) < 4.78 is 5.04. The van der Waals surface area contributed by atoms with Crippen molar-refractivity contribution in [1.29, 1.82) is 0 Å². The Kier molecular flexibility index (Phi) is 6.17. The van der Waals surface area contributed by atoms with E-state index in [1.807, 2.05) is 0 Å². The number of amides is 1. The number of nitrogen functional groups attached to an aromatic ring is 1. The zero-order valence-electron chi connectivity index (χ0n) is 12.5. The van der Waals surface area contributed by atoms with E-state index in [1.54, 1.807) is 0 Å². The molecule has 0 aliphatic rings. The highest BCUT2D eigenvalue weighted by molar-refractivity contribution is 5.96. The first-order chi connectivity index (χ1) is 9.53. The molecule has 1 aromatic heterocycles. The molecule has 0 aliphatic heterocycles. The number of ether oxygens (including phenoxy) is 1. The third-order valence-corrected chi connectivity index (χ3v) is 3.20. The number of carbonyl (C=O) groups is 1. The fourth-order valence-electron chi connectivity index (χ4n) is 2.00. The molecule has 1 unspecified atom stereocenters. The van der Waals surface area contributed by atoms with Crippen LogP contribution in [0.25, 0.3) is 0 Å². The first-order valence-electron chi connectivity index (χ1n) is 6.72. The summed E-state index contributed by atoms with van der Waals surface area (Å²) in [5.74, 6) is 0.00116. The Morgan fingerprint density at radius 2 is 2.15 bits per heavy atom. The number of nitrogens with two attached hydrogens (primary N) is 1. The maximum Gasteiger partial charge on any atom is 0.258 e. The van der Waals surface area contributed by atoms with Gasteiger partial charge in [0.2, 0.25) is 11.8 Å². The van der Waals surface area contributed by atoms with E-state index in [1.165, 1.54) is 13.3 Å². The lowest BCUT2D eigenvalue weighted by Gasteiger charge is -2.26. The molecule has 3 N–H and O–H groups in total. The second-order valence-corrected chi connectivity index (χ2v) is 4.43. The number of aromatic nitrogens is 2. The molecule has 0 aliphatic carbocycles. The van der Waals surface area contributed by atoms with Gasteiger partial charge >= 0.3 is 0 Å². The average molecular weight is 281 g/mol. The van der Waals surface area contributed by atoms with Gasteiger partial charge in [0.15, 0.2) is 0 Å². The van der Waals surface area contributed by atoms with Crippen LogP contribution in [0.1, 0.15) is 31.1 Å². The van der Waals surface area contributed by atoms with Crippen molar-refractivity contribution in [3.63, 3.8) is 0 Å². The number of methoxy groups -OCH3 is 1. The number of rotatable bonds is 7. The van der Waals surface area contributed by atoms with Gasteiger partial charge in [0.05, 0.1) is 7.11 Å². The quantitative estimate of drug-likeness (QED) is 0.757. The Balaban J connectivity index is 2.68. The number of hydrogen-bond acceptors (Lipinski definition) is 6. The van der Waals surface area contributed by atoms with E-state index in [-0.39, 0.29) is 29.3 Å². The maximum atomic E-state index is 12.1. The summed E-state index contributed by atoms with van der Waals surface area (Å²) >= 11 is 0. The third kappa shape index (κ3) is 4.06. The van der Waals surface area contributed by atoms with E-state index < -0.39 is 0 Å². The van der Waals surface area contributed by atoms with Gasteiger partial charge in [-0.15, -0.1) is 0 Å². The standard InChI is InChI=1S/C13H23N5O2/c1-5-18(6-2)9(3)7-15-11(19)10-8-16-13(14)17-12(10)20-4/h8-9H,5-7H2,1-4H3,(H,15,19)(H2,14,16,17). The predicted molar refractivity (Wildman–Crippen MR) is 77.7 cm³/mol. The Labute approximate surface area is 119 Å². The van der Waals surface area contributed by atoms with E-state index in [9.17, 15) is 4.79 Å². The molecule has 1 heterocycles. The lowest BCUT2D eigenvalue weighted by Crippen LogP contribution is -2.42. The topological polar surface area (TPSA) is 93.4 Å². The van der Waals surface area contributed by atoms with Crippen LogP contribution in [0, 0.1) is 0 Å². The van der Waals surface area contributed by atoms with Crippen molar-refractivity contribution in [3.05, 3.63) is 11.8 Å². The summed E-state index contributed by atoms with van der Waals surface area (Å²) in [5.41, 5.74) is 5.75. The predicted octanol–water partition coefficient (Wildman–Crippen LogP) is 0.528. The molecule has 0 radical (unpaired) electrons. The number of hydrogen-bond donors (Lipinski definition) is 2. The van der Waals surface area contributed by atoms with Gasteiger partial charge in [-0.25, -0.2) is 4.98 Å². The molecule has 1 atom stereocenters. The Bertz CT molecular complexity index is 448. The minimum absolute atomic E-state index is 0.0786. The van der Waals surface area contributed by atoms with Crippen LogP contribution < -0.4 is 15.8 Å². The van der Waals surface area contributed by atoms with Gasteiger partial charge in [0.1, 0.15) is 5.56 Å². The number of carbonyl (C=O) groups excluding carboxylic acids is 1. The summed E-state index contributed by atoms with van der Waals surface area (Å²) in [7, 11) is 1.44. The van der Waals surface area contributed by atoms with Crippen LogP contribution in [-0.4, -0.2) is 53.6 Å². The Morgan fingerprint density at radius 1 is 1.50 bits per heavy atom. The van der Waals surface area contributed by atoms with Gasteiger partial charge in [0, 0.05) is 18.8 Å². The Hall–Kier alpha value is -1.89. The molecule has 112 valence electrons. The average Bonchev–Trinajstić information content (AvgIpc) is 2.45. The molecule has 0 spiro atoms. The van der Waals surface area contributed by atoms with Gasteiger partial charge in [-0.3, -0.25) is 9.69 Å². The van der Waals surface area contributed by atoms with Gasteiger partial charge in [-0.1, -0.05) is 13.8 Å². The molecule has 0 bridgehead atoms. The molecule has 0 saturated carbocycles. The first-order valence-corrected chi connectivity index (χ1v) is 6.72. The van der Waals surface area contributed by atoms with Crippen LogP contribution in [0.15, 0.2) is 6.20 Å². The Morgan fingerprint density at radius 3 is 2.70 bits per heavy atom. The van der Waals surface area contributed by atoms with Gasteiger partial charge in [-0.05, 0) is 20.0 Å². The van der Waals surface area contributed by atoms with Gasteiger partial charge in [-0.2, -0.15) is 4.98 Å². The van der Waals surface area contributed by atoms with E-state index in [0.717, 1.165) is 13.1 Å². The van der Waals surface area contributed by atoms with E-state index in [4.69, 9.17) is 10.5 Å². The van der Waals surface area contributed by atoms with Crippen molar-refractivity contribution in [2.45, 2.75) is 26.8 Å². The first kappa shape index (κ1) is 16.2. The van der Waals surface area contributed by atoms with E-state index in [0.29, 0.717) is 6.54 Å². The van der Waals surface area contributed by atoms with Crippen LogP contribution in [0.2, 0.25) is 0 Å². The number of likely N-dealkylation sites (N-methyl/N-ethyl adjacent to an activating group) is 1. The molecule has 1 amide bonds. The normalized spacial score (nSPS) is 12.2. The lowest BCUT2D eigenvalue weighted by atomic mass is 10.2. The van der Waals surface area contributed by atoms with Crippen molar-refractivity contribution in [2.24, 2.45) is 0 Å². The summed E-state index contributed by atoms with van der Waals surface area (Å²) in [6, 6.07) is 0.259. The highest BCUT2D eigenvalue weighted by Gasteiger charge is 2.17. The fraction of sp³-hybridized carbons (Fsp3) is 0.615. The molecular formula is C13H23N5O2. The molecule has 7 heteroatoms. The molecule has 0 aromatic carbocycles. The van der Waals surface area contributed by atoms with Crippen LogP contribution in [0.3, 0.4) is 0 Å². The van der Waals surface area contributed by atoms with E-state index in [2.05, 4.69) is 41.0 Å². The lowest BCUT2D eigenvalue weighted by molar-refractivity contribution is 0.0934. The van der Waals surface area contributed by atoms with Crippen molar-refractivity contribution in [3.8, 4) is 5.88 Å². The SMILES string of the molecule is CCN(CC)C(C)CNC(=O)c1cnc(N)nc1OC. The van der Waals surface area contributed by atoms with E-state index >= 15 is 0 Å². The summed E-state index contributed by atoms with van der Waals surface area (Å²) in [4.78, 5) is 22.1. The molecular weight excluding hydrogens is 258 g/mol. The minimum Gasteiger partial charge on any atom is -0.480 e. The maximum absolute atomic E-state index is 12.1. The molecule has 0 fully saturated rings. The zero-order chi connectivity index (χ0) is 15.1. The molecule has 1 aromatic rings. The summed E-state index contributed by atoms with van der Waals surface area (Å²) in [6.07, 6.45) is 1.37. The second kappa shape index (κ2) is 7.64. The van der Waals surface area contributed by atoms with Gasteiger partial charge in [0.25, 0.3) is 5.91 Å². The second-order valence-electron chi connectivity index (χ2n) is 4.43. The summed E-state index contributed by atoms with van der Waals surface area (Å²) in [6.45, 7) is 8.71. The van der Waals surface area contributed by atoms with Crippen molar-refractivity contribution in [2.75, 3.05) is 32.5 Å². The van der Waals surface area contributed by atoms with Crippen LogP contribution in [0.5, 0.6) is 5.88 Å². The minimum atomic E-state index is -0.263. The van der Waals surface area contributed by atoms with Crippen molar-refractivity contribution in [1.82, 2.24) is 20.2 Å². The number of anilines is 1. The van der Waals surface area contributed by atoms with Gasteiger partial charge < -0.3 is 15.8 Å². The monoisotopic (exact) mass is 281 g/mol. The van der Waals surface area contributed by atoms with Crippen LogP contribution >= 0.6 is 0 Å². The molecule has 7 nitrogen and oxygen atoms in total. The zero-order valence-corrected chi connectivity index (χ0v) is 12.5.